The highest BCUT2D eigenvalue weighted by Crippen LogP contribution is 2.36. The number of piperidine rings is 1. The maximum atomic E-state index is 13.5. The molecule has 1 saturated heterocycles. The van der Waals surface area contributed by atoms with Crippen LogP contribution in [0.2, 0.25) is 10.0 Å². The number of nitrogens with zero attached hydrogens (tertiary/aromatic N) is 3. The molecule has 1 heterocycles. The SMILES string of the molecule is CC[C@@H](COc1cc(Cl)ccc1C1CCN(C(=O)[C@@H](Cc2ccc(Cl)cc2)N(C)C)CC1)N(C)C. The fraction of sp³-hybridized carbons (Fsp3) is 0.536. The molecule has 1 aliphatic heterocycles. The minimum absolute atomic E-state index is 0.188. The van der Waals surface area contributed by atoms with E-state index in [-0.39, 0.29) is 11.9 Å². The summed E-state index contributed by atoms with van der Waals surface area (Å²) < 4.78 is 6.28. The smallest absolute Gasteiger partial charge is 0.240 e. The Hall–Kier alpha value is -1.79. The lowest BCUT2D eigenvalue weighted by Crippen LogP contribution is -2.49. The van der Waals surface area contributed by atoms with E-state index in [2.05, 4.69) is 32.0 Å². The summed E-state index contributed by atoms with van der Waals surface area (Å²) in [5.41, 5.74) is 2.31. The molecule has 2 aromatic carbocycles. The third-order valence-corrected chi connectivity index (χ3v) is 7.59. The van der Waals surface area contributed by atoms with Gasteiger partial charge in [-0.1, -0.05) is 48.3 Å². The van der Waals surface area contributed by atoms with Gasteiger partial charge in [0.25, 0.3) is 0 Å². The summed E-state index contributed by atoms with van der Waals surface area (Å²) in [6.07, 6.45) is 3.51. The van der Waals surface area contributed by atoms with Crippen molar-refractivity contribution < 1.29 is 9.53 Å². The van der Waals surface area contributed by atoms with E-state index in [1.807, 2.05) is 60.3 Å². The molecule has 192 valence electrons. The standard InChI is InChI=1S/C28H39Cl2N3O2/c1-6-24(31(2)3)19-35-27-18-23(30)11-12-25(27)21-13-15-33(16-14-21)28(34)26(32(4)5)17-20-7-9-22(29)10-8-20/h7-12,18,21,24,26H,6,13-17,19H2,1-5H3/t24-,26+/m0/s1. The van der Waals surface area contributed by atoms with Crippen molar-refractivity contribution in [3.63, 3.8) is 0 Å². The van der Waals surface area contributed by atoms with Crippen LogP contribution in [-0.2, 0) is 11.2 Å². The van der Waals surface area contributed by atoms with Gasteiger partial charge in [0.1, 0.15) is 12.4 Å². The average molecular weight is 521 g/mol. The molecule has 1 aliphatic rings. The number of ether oxygens (including phenoxy) is 1. The van der Waals surface area contributed by atoms with E-state index in [9.17, 15) is 4.79 Å². The Bertz CT molecular complexity index is 957. The van der Waals surface area contributed by atoms with Gasteiger partial charge in [0.2, 0.25) is 5.91 Å². The molecule has 2 aromatic rings. The van der Waals surface area contributed by atoms with Gasteiger partial charge in [-0.25, -0.2) is 0 Å². The zero-order valence-electron chi connectivity index (χ0n) is 21.6. The quantitative estimate of drug-likeness (QED) is 0.409. The van der Waals surface area contributed by atoms with E-state index in [0.717, 1.165) is 43.7 Å². The zero-order valence-corrected chi connectivity index (χ0v) is 23.1. The molecular weight excluding hydrogens is 481 g/mol. The molecule has 1 fully saturated rings. The topological polar surface area (TPSA) is 36.0 Å². The second-order valence-corrected chi connectivity index (χ2v) is 10.8. The molecule has 3 rings (SSSR count). The second-order valence-electron chi connectivity index (χ2n) is 9.93. The van der Waals surface area contributed by atoms with E-state index < -0.39 is 0 Å². The summed E-state index contributed by atoms with van der Waals surface area (Å²) in [4.78, 5) is 19.7. The molecule has 0 aromatic heterocycles. The zero-order chi connectivity index (χ0) is 25.5. The van der Waals surface area contributed by atoms with Crippen molar-refractivity contribution in [1.29, 1.82) is 0 Å². The minimum Gasteiger partial charge on any atom is -0.492 e. The summed E-state index contributed by atoms with van der Waals surface area (Å²) in [5.74, 6) is 1.41. The van der Waals surface area contributed by atoms with Crippen molar-refractivity contribution in [1.82, 2.24) is 14.7 Å². The molecule has 0 aliphatic carbocycles. The number of amides is 1. The van der Waals surface area contributed by atoms with E-state index in [1.54, 1.807) is 0 Å². The van der Waals surface area contributed by atoms with Crippen LogP contribution in [0.25, 0.3) is 0 Å². The van der Waals surface area contributed by atoms with Gasteiger partial charge in [0.05, 0.1) is 6.04 Å². The molecule has 0 saturated carbocycles. The number of rotatable bonds is 10. The number of hydrogen-bond donors (Lipinski definition) is 0. The van der Waals surface area contributed by atoms with E-state index in [4.69, 9.17) is 27.9 Å². The molecule has 0 radical (unpaired) electrons. The first-order chi connectivity index (χ1) is 16.7. The number of likely N-dealkylation sites (tertiary alicyclic amines) is 1. The first kappa shape index (κ1) is 27.8. The Labute approximate surface area is 220 Å². The molecule has 0 spiro atoms. The molecular formula is C28H39Cl2N3O2. The lowest BCUT2D eigenvalue weighted by Gasteiger charge is -2.36. The summed E-state index contributed by atoms with van der Waals surface area (Å²) in [5, 5.41) is 1.39. The van der Waals surface area contributed by atoms with Crippen LogP contribution in [0.3, 0.4) is 0 Å². The molecule has 0 bridgehead atoms. The first-order valence-corrected chi connectivity index (χ1v) is 13.2. The molecule has 5 nitrogen and oxygen atoms in total. The predicted molar refractivity (Wildman–Crippen MR) is 146 cm³/mol. The Balaban J connectivity index is 1.65. The highest BCUT2D eigenvalue weighted by Gasteiger charge is 2.31. The fourth-order valence-electron chi connectivity index (χ4n) is 4.74. The molecule has 0 N–H and O–H groups in total. The summed E-state index contributed by atoms with van der Waals surface area (Å²) in [7, 11) is 8.11. The van der Waals surface area contributed by atoms with Crippen LogP contribution in [0.5, 0.6) is 5.75 Å². The number of carbonyl (C=O) groups excluding carboxylic acids is 1. The van der Waals surface area contributed by atoms with Crippen LogP contribution in [-0.4, -0.2) is 80.6 Å². The highest BCUT2D eigenvalue weighted by molar-refractivity contribution is 6.30. The van der Waals surface area contributed by atoms with Crippen molar-refractivity contribution in [3.8, 4) is 5.75 Å². The van der Waals surface area contributed by atoms with Gasteiger partial charge in [0, 0.05) is 29.2 Å². The van der Waals surface area contributed by atoms with Crippen LogP contribution in [0.1, 0.15) is 43.2 Å². The monoisotopic (exact) mass is 519 g/mol. The molecule has 1 amide bonds. The van der Waals surface area contributed by atoms with Crippen molar-refractivity contribution >= 4 is 29.1 Å². The number of hydrogen-bond acceptors (Lipinski definition) is 4. The minimum atomic E-state index is -0.195. The maximum Gasteiger partial charge on any atom is 0.240 e. The molecule has 0 unspecified atom stereocenters. The number of carbonyl (C=O) groups is 1. The van der Waals surface area contributed by atoms with Crippen molar-refractivity contribution in [2.75, 3.05) is 47.9 Å². The van der Waals surface area contributed by atoms with E-state index in [0.29, 0.717) is 35.0 Å². The number of halogens is 2. The van der Waals surface area contributed by atoms with Gasteiger partial charge in [-0.2, -0.15) is 0 Å². The Morgan fingerprint density at radius 3 is 2.20 bits per heavy atom. The van der Waals surface area contributed by atoms with Crippen molar-refractivity contribution in [3.05, 3.63) is 63.6 Å². The van der Waals surface area contributed by atoms with Crippen LogP contribution in [0.4, 0.5) is 0 Å². The van der Waals surface area contributed by atoms with E-state index in [1.165, 1.54) is 5.56 Å². The Kier molecular flexibility index (Phi) is 10.3. The lowest BCUT2D eigenvalue weighted by atomic mass is 9.88. The van der Waals surface area contributed by atoms with Crippen molar-refractivity contribution in [2.24, 2.45) is 0 Å². The fourth-order valence-corrected chi connectivity index (χ4v) is 5.03. The van der Waals surface area contributed by atoms with Crippen LogP contribution in [0.15, 0.2) is 42.5 Å². The maximum absolute atomic E-state index is 13.5. The second kappa shape index (κ2) is 13.0. The van der Waals surface area contributed by atoms with Crippen LogP contribution in [0, 0.1) is 0 Å². The summed E-state index contributed by atoms with van der Waals surface area (Å²) >= 11 is 12.3. The average Bonchev–Trinajstić information content (AvgIpc) is 2.83. The van der Waals surface area contributed by atoms with Gasteiger partial charge >= 0.3 is 0 Å². The van der Waals surface area contributed by atoms with Gasteiger partial charge in [0.15, 0.2) is 0 Å². The van der Waals surface area contributed by atoms with Crippen LogP contribution >= 0.6 is 23.2 Å². The largest absolute Gasteiger partial charge is 0.492 e. The molecule has 7 heteroatoms. The van der Waals surface area contributed by atoms with Gasteiger partial charge in [-0.15, -0.1) is 0 Å². The number of likely N-dealkylation sites (N-methyl/N-ethyl adjacent to an activating group) is 2. The normalized spacial score (nSPS) is 16.5. The van der Waals surface area contributed by atoms with Crippen LogP contribution < -0.4 is 4.74 Å². The van der Waals surface area contributed by atoms with E-state index >= 15 is 0 Å². The number of benzene rings is 2. The Morgan fingerprint density at radius 1 is 1.00 bits per heavy atom. The predicted octanol–water partition coefficient (Wildman–Crippen LogP) is 5.59. The summed E-state index contributed by atoms with van der Waals surface area (Å²) in [6, 6.07) is 13.9. The van der Waals surface area contributed by atoms with Gasteiger partial charge in [-0.05, 0) is 95.2 Å². The lowest BCUT2D eigenvalue weighted by molar-refractivity contribution is -0.137. The summed E-state index contributed by atoms with van der Waals surface area (Å²) in [6.45, 7) is 4.29. The van der Waals surface area contributed by atoms with Gasteiger partial charge in [-0.3, -0.25) is 9.69 Å². The highest BCUT2D eigenvalue weighted by atomic mass is 35.5. The van der Waals surface area contributed by atoms with Crippen molar-refractivity contribution in [2.45, 2.75) is 50.6 Å². The third-order valence-electron chi connectivity index (χ3n) is 7.11. The molecule has 2 atom stereocenters. The third kappa shape index (κ3) is 7.60. The molecule has 35 heavy (non-hydrogen) atoms. The van der Waals surface area contributed by atoms with Gasteiger partial charge < -0.3 is 14.5 Å². The first-order valence-electron chi connectivity index (χ1n) is 12.5. The Morgan fingerprint density at radius 2 is 1.63 bits per heavy atom.